The number of halogens is 1. The Hall–Kier alpha value is -2.40. The molecule has 0 saturated carbocycles. The van der Waals surface area contributed by atoms with E-state index in [0.29, 0.717) is 11.6 Å². The van der Waals surface area contributed by atoms with E-state index in [-0.39, 0.29) is 23.6 Å². The van der Waals surface area contributed by atoms with Gasteiger partial charge in [-0.1, -0.05) is 56.6 Å². The lowest BCUT2D eigenvalue weighted by Gasteiger charge is -2.21. The van der Waals surface area contributed by atoms with E-state index < -0.39 is 5.91 Å². The van der Waals surface area contributed by atoms with E-state index in [9.17, 15) is 9.59 Å². The van der Waals surface area contributed by atoms with Crippen LogP contribution in [-0.4, -0.2) is 35.3 Å². The molecule has 0 aliphatic rings. The van der Waals surface area contributed by atoms with Gasteiger partial charge in [-0.05, 0) is 28.7 Å². The van der Waals surface area contributed by atoms with Gasteiger partial charge < -0.3 is 10.2 Å². The van der Waals surface area contributed by atoms with E-state index >= 15 is 0 Å². The molecule has 0 unspecified atom stereocenters. The fourth-order valence-electron chi connectivity index (χ4n) is 2.38. The van der Waals surface area contributed by atoms with Crippen molar-refractivity contribution >= 4 is 23.4 Å². The summed E-state index contributed by atoms with van der Waals surface area (Å²) in [7, 11) is 1.71. The van der Waals surface area contributed by atoms with Crippen LogP contribution >= 0.6 is 11.6 Å². The van der Waals surface area contributed by atoms with E-state index in [1.807, 2.05) is 12.1 Å². The first-order valence-corrected chi connectivity index (χ1v) is 8.78. The molecule has 0 aliphatic heterocycles. The smallest absolute Gasteiger partial charge is 0.270 e. The van der Waals surface area contributed by atoms with Gasteiger partial charge in [0, 0.05) is 24.8 Å². The van der Waals surface area contributed by atoms with Crippen molar-refractivity contribution in [1.29, 1.82) is 0 Å². The van der Waals surface area contributed by atoms with Crippen LogP contribution in [0.15, 0.2) is 42.6 Å². The Kier molecular flexibility index (Phi) is 6.37. The highest BCUT2D eigenvalue weighted by Crippen LogP contribution is 2.22. The molecule has 0 fully saturated rings. The van der Waals surface area contributed by atoms with Crippen LogP contribution in [0.3, 0.4) is 0 Å². The molecule has 2 rings (SSSR count). The Morgan fingerprint density at radius 3 is 2.38 bits per heavy atom. The number of hydrogen-bond acceptors (Lipinski definition) is 3. The van der Waals surface area contributed by atoms with Gasteiger partial charge in [0.1, 0.15) is 5.69 Å². The number of nitrogens with one attached hydrogen (secondary N) is 1. The van der Waals surface area contributed by atoms with E-state index in [2.05, 4.69) is 43.2 Å². The van der Waals surface area contributed by atoms with E-state index in [1.165, 1.54) is 17.8 Å². The minimum absolute atomic E-state index is 0.0936. The van der Waals surface area contributed by atoms with Gasteiger partial charge in [-0.15, -0.1) is 0 Å². The van der Waals surface area contributed by atoms with Crippen LogP contribution in [0, 0.1) is 0 Å². The highest BCUT2D eigenvalue weighted by Gasteiger charge is 2.15. The van der Waals surface area contributed by atoms with Crippen molar-refractivity contribution in [2.45, 2.75) is 32.7 Å². The van der Waals surface area contributed by atoms with Crippen LogP contribution in [0.5, 0.6) is 0 Å². The van der Waals surface area contributed by atoms with Gasteiger partial charge in [0.05, 0.1) is 6.54 Å². The number of pyridine rings is 1. The molecular weight excluding hydrogens is 350 g/mol. The van der Waals surface area contributed by atoms with Gasteiger partial charge >= 0.3 is 0 Å². The molecule has 1 N–H and O–H groups in total. The summed E-state index contributed by atoms with van der Waals surface area (Å²) in [6.45, 7) is 6.87. The van der Waals surface area contributed by atoms with Crippen molar-refractivity contribution in [2.75, 3.05) is 13.6 Å². The first-order chi connectivity index (χ1) is 12.2. The predicted octanol–water partition coefficient (Wildman–Crippen LogP) is 3.42. The number of carbonyl (C=O) groups excluding carboxylic acids is 2. The van der Waals surface area contributed by atoms with Crippen molar-refractivity contribution in [3.05, 3.63) is 64.4 Å². The number of aromatic nitrogens is 1. The number of benzene rings is 1. The van der Waals surface area contributed by atoms with Crippen LogP contribution in [-0.2, 0) is 16.8 Å². The average Bonchev–Trinajstić information content (AvgIpc) is 2.59. The molecule has 0 atom stereocenters. The number of amides is 2. The largest absolute Gasteiger partial charge is 0.342 e. The Labute approximate surface area is 159 Å². The maximum atomic E-state index is 12.2. The summed E-state index contributed by atoms with van der Waals surface area (Å²) in [5, 5.41) is 2.99. The minimum Gasteiger partial charge on any atom is -0.342 e. The van der Waals surface area contributed by atoms with E-state index in [4.69, 9.17) is 11.6 Å². The third kappa shape index (κ3) is 5.56. The Balaban J connectivity index is 1.88. The van der Waals surface area contributed by atoms with Gasteiger partial charge in [-0.25, -0.2) is 0 Å². The molecule has 5 nitrogen and oxygen atoms in total. The zero-order valence-electron chi connectivity index (χ0n) is 15.5. The number of nitrogens with zero attached hydrogens (tertiary/aromatic N) is 2. The average molecular weight is 374 g/mol. The molecular formula is C20H24ClN3O2. The van der Waals surface area contributed by atoms with E-state index in [1.54, 1.807) is 18.0 Å². The van der Waals surface area contributed by atoms with Crippen molar-refractivity contribution in [3.63, 3.8) is 0 Å². The lowest BCUT2D eigenvalue weighted by molar-refractivity contribution is -0.129. The lowest BCUT2D eigenvalue weighted by atomic mass is 9.87. The molecule has 1 aromatic heterocycles. The Bertz CT molecular complexity index is 782. The Morgan fingerprint density at radius 2 is 1.81 bits per heavy atom. The van der Waals surface area contributed by atoms with Crippen molar-refractivity contribution < 1.29 is 9.59 Å². The molecule has 138 valence electrons. The van der Waals surface area contributed by atoms with Crippen LogP contribution in [0.25, 0.3) is 0 Å². The van der Waals surface area contributed by atoms with Crippen molar-refractivity contribution in [3.8, 4) is 0 Å². The van der Waals surface area contributed by atoms with Gasteiger partial charge in [0.25, 0.3) is 5.91 Å². The Morgan fingerprint density at radius 1 is 1.15 bits per heavy atom. The monoisotopic (exact) mass is 373 g/mol. The fourth-order valence-corrected chi connectivity index (χ4v) is 2.54. The third-order valence-corrected chi connectivity index (χ3v) is 4.26. The molecule has 2 aromatic rings. The summed E-state index contributed by atoms with van der Waals surface area (Å²) in [6, 6.07) is 11.3. The number of hydrogen-bond donors (Lipinski definition) is 1. The molecule has 0 spiro atoms. The molecule has 0 radical (unpaired) electrons. The number of carbonyl (C=O) groups is 2. The molecule has 0 saturated heterocycles. The molecule has 0 aliphatic carbocycles. The van der Waals surface area contributed by atoms with Crippen LogP contribution in [0.4, 0.5) is 0 Å². The summed E-state index contributed by atoms with van der Waals surface area (Å²) in [4.78, 5) is 29.8. The van der Waals surface area contributed by atoms with Gasteiger partial charge in [0.15, 0.2) is 0 Å². The topological polar surface area (TPSA) is 62.3 Å². The first-order valence-electron chi connectivity index (χ1n) is 8.40. The van der Waals surface area contributed by atoms with Crippen LogP contribution in [0.2, 0.25) is 5.02 Å². The molecule has 2 amide bonds. The second kappa shape index (κ2) is 8.32. The number of likely N-dealkylation sites (N-methyl/N-ethyl adjacent to an activating group) is 1. The van der Waals surface area contributed by atoms with E-state index in [0.717, 1.165) is 5.56 Å². The first kappa shape index (κ1) is 19.9. The van der Waals surface area contributed by atoms with Crippen LogP contribution < -0.4 is 5.32 Å². The molecule has 6 heteroatoms. The second-order valence-electron chi connectivity index (χ2n) is 7.24. The highest BCUT2D eigenvalue weighted by atomic mass is 35.5. The lowest BCUT2D eigenvalue weighted by Crippen LogP contribution is -2.38. The van der Waals surface area contributed by atoms with Crippen LogP contribution in [0.1, 0.15) is 42.4 Å². The summed E-state index contributed by atoms with van der Waals surface area (Å²) >= 11 is 5.84. The predicted molar refractivity (Wildman–Crippen MR) is 103 cm³/mol. The summed E-state index contributed by atoms with van der Waals surface area (Å²) in [5.41, 5.74) is 2.57. The van der Waals surface area contributed by atoms with Gasteiger partial charge in [-0.2, -0.15) is 0 Å². The standard InChI is InChI=1S/C20H24ClN3O2/c1-20(2,3)15-7-5-14(6-8-15)13-24(4)18(25)12-23-19(26)17-11-16(21)9-10-22-17/h5-11H,12-13H2,1-4H3,(H,23,26). The fraction of sp³-hybridized carbons (Fsp3) is 0.350. The molecule has 1 aromatic carbocycles. The molecule has 0 bridgehead atoms. The SMILES string of the molecule is CN(Cc1ccc(C(C)(C)C)cc1)C(=O)CNC(=O)c1cc(Cl)ccn1. The maximum Gasteiger partial charge on any atom is 0.270 e. The summed E-state index contributed by atoms with van der Waals surface area (Å²) < 4.78 is 0. The summed E-state index contributed by atoms with van der Waals surface area (Å²) in [6.07, 6.45) is 1.45. The molecule has 26 heavy (non-hydrogen) atoms. The van der Waals surface area contributed by atoms with Gasteiger partial charge in [-0.3, -0.25) is 14.6 Å². The third-order valence-electron chi connectivity index (χ3n) is 4.02. The number of rotatable bonds is 5. The van der Waals surface area contributed by atoms with Gasteiger partial charge in [0.2, 0.25) is 5.91 Å². The minimum atomic E-state index is -0.427. The van der Waals surface area contributed by atoms with Crippen molar-refractivity contribution in [2.24, 2.45) is 0 Å². The normalized spacial score (nSPS) is 11.1. The second-order valence-corrected chi connectivity index (χ2v) is 7.68. The summed E-state index contributed by atoms with van der Waals surface area (Å²) in [5.74, 6) is -0.607. The maximum absolute atomic E-state index is 12.2. The zero-order chi connectivity index (χ0) is 19.3. The quantitative estimate of drug-likeness (QED) is 0.873. The van der Waals surface area contributed by atoms with Crippen molar-refractivity contribution in [1.82, 2.24) is 15.2 Å². The highest BCUT2D eigenvalue weighted by molar-refractivity contribution is 6.30. The zero-order valence-corrected chi connectivity index (χ0v) is 16.3. The molecule has 1 heterocycles.